The van der Waals surface area contributed by atoms with Gasteiger partial charge in [-0.15, -0.1) is 0 Å². The first-order chi connectivity index (χ1) is 7.33. The van der Waals surface area contributed by atoms with Gasteiger partial charge in [0, 0.05) is 5.92 Å². The molecule has 3 nitrogen and oxygen atoms in total. The monoisotopic (exact) mass is 207 g/mol. The minimum Gasteiger partial charge on any atom is -0.508 e. The van der Waals surface area contributed by atoms with Crippen molar-refractivity contribution in [3.05, 3.63) is 29.8 Å². The molecule has 3 N–H and O–H groups in total. The summed E-state index contributed by atoms with van der Waals surface area (Å²) >= 11 is 0. The van der Waals surface area contributed by atoms with Crippen molar-refractivity contribution in [2.24, 2.45) is 5.92 Å². The molecule has 1 aromatic rings. The largest absolute Gasteiger partial charge is 0.508 e. The number of phenolic OH excluding ortho intramolecular Hbond substituents is 1. The topological polar surface area (TPSA) is 52.5 Å². The second-order valence-electron chi connectivity index (χ2n) is 4.10. The standard InChI is InChI=1S/C12H17NO2/c14-8-11(9-5-6-13-7-9)10-3-1-2-4-12(10)15/h1-4,9,11,13-15H,5-8H2. The van der Waals surface area contributed by atoms with Gasteiger partial charge in [0.1, 0.15) is 5.75 Å². The minimum absolute atomic E-state index is 0.0567. The van der Waals surface area contributed by atoms with Gasteiger partial charge in [0.2, 0.25) is 0 Å². The van der Waals surface area contributed by atoms with Crippen molar-refractivity contribution < 1.29 is 10.2 Å². The van der Waals surface area contributed by atoms with Crippen LogP contribution in [0.1, 0.15) is 17.9 Å². The van der Waals surface area contributed by atoms with Crippen molar-refractivity contribution in [2.75, 3.05) is 19.7 Å². The summed E-state index contributed by atoms with van der Waals surface area (Å²) in [6, 6.07) is 7.29. The Labute approximate surface area is 89.8 Å². The number of benzene rings is 1. The van der Waals surface area contributed by atoms with Crippen LogP contribution in [0.5, 0.6) is 5.75 Å². The highest BCUT2D eigenvalue weighted by molar-refractivity contribution is 5.35. The number of phenols is 1. The Balaban J connectivity index is 2.22. The number of rotatable bonds is 3. The zero-order chi connectivity index (χ0) is 10.7. The van der Waals surface area contributed by atoms with Crippen molar-refractivity contribution in [3.63, 3.8) is 0 Å². The highest BCUT2D eigenvalue weighted by Crippen LogP contribution is 2.33. The third kappa shape index (κ3) is 2.13. The lowest BCUT2D eigenvalue weighted by Gasteiger charge is -2.21. The van der Waals surface area contributed by atoms with E-state index >= 15 is 0 Å². The fourth-order valence-electron chi connectivity index (χ4n) is 2.32. The van der Waals surface area contributed by atoms with Crippen LogP contribution in [0.3, 0.4) is 0 Å². The molecule has 0 aliphatic carbocycles. The Morgan fingerprint density at radius 1 is 1.40 bits per heavy atom. The highest BCUT2D eigenvalue weighted by atomic mass is 16.3. The van der Waals surface area contributed by atoms with E-state index in [4.69, 9.17) is 0 Å². The number of para-hydroxylation sites is 1. The molecule has 2 unspecified atom stereocenters. The maximum atomic E-state index is 9.74. The van der Waals surface area contributed by atoms with Crippen LogP contribution in [0.25, 0.3) is 0 Å². The lowest BCUT2D eigenvalue weighted by molar-refractivity contribution is 0.228. The number of hydrogen-bond acceptors (Lipinski definition) is 3. The molecular weight excluding hydrogens is 190 g/mol. The number of nitrogens with one attached hydrogen (secondary N) is 1. The average molecular weight is 207 g/mol. The maximum absolute atomic E-state index is 9.74. The molecule has 0 bridgehead atoms. The molecule has 1 aliphatic rings. The van der Waals surface area contributed by atoms with E-state index in [-0.39, 0.29) is 12.5 Å². The van der Waals surface area contributed by atoms with Crippen LogP contribution in [0.4, 0.5) is 0 Å². The van der Waals surface area contributed by atoms with E-state index in [1.165, 1.54) is 0 Å². The lowest BCUT2D eigenvalue weighted by atomic mass is 9.85. The van der Waals surface area contributed by atoms with Gasteiger partial charge < -0.3 is 15.5 Å². The van der Waals surface area contributed by atoms with E-state index in [0.717, 1.165) is 25.1 Å². The molecule has 0 spiro atoms. The van der Waals surface area contributed by atoms with Crippen LogP contribution < -0.4 is 5.32 Å². The Kier molecular flexibility index (Phi) is 3.23. The van der Waals surface area contributed by atoms with Gasteiger partial charge in [0.15, 0.2) is 0 Å². The third-order valence-electron chi connectivity index (χ3n) is 3.20. The summed E-state index contributed by atoms with van der Waals surface area (Å²) in [5.74, 6) is 0.785. The smallest absolute Gasteiger partial charge is 0.119 e. The van der Waals surface area contributed by atoms with E-state index in [0.29, 0.717) is 11.7 Å². The zero-order valence-electron chi connectivity index (χ0n) is 8.69. The molecule has 1 aromatic carbocycles. The van der Waals surface area contributed by atoms with Crippen LogP contribution in [0.15, 0.2) is 24.3 Å². The lowest BCUT2D eigenvalue weighted by Crippen LogP contribution is -2.19. The molecular formula is C12H17NO2. The summed E-state index contributed by atoms with van der Waals surface area (Å²) in [5.41, 5.74) is 0.869. The van der Waals surface area contributed by atoms with Gasteiger partial charge in [-0.25, -0.2) is 0 Å². The summed E-state index contributed by atoms with van der Waals surface area (Å²) in [6.07, 6.45) is 1.07. The van der Waals surface area contributed by atoms with Gasteiger partial charge in [0.25, 0.3) is 0 Å². The van der Waals surface area contributed by atoms with E-state index in [9.17, 15) is 10.2 Å². The third-order valence-corrected chi connectivity index (χ3v) is 3.20. The van der Waals surface area contributed by atoms with Crippen molar-refractivity contribution in [1.82, 2.24) is 5.32 Å². The molecule has 0 saturated carbocycles. The summed E-state index contributed by atoms with van der Waals surface area (Å²) in [6.45, 7) is 2.04. The van der Waals surface area contributed by atoms with Crippen LogP contribution in [0.2, 0.25) is 0 Å². The molecule has 3 heteroatoms. The molecule has 0 amide bonds. The molecule has 82 valence electrons. The molecule has 0 radical (unpaired) electrons. The van der Waals surface area contributed by atoms with Crippen LogP contribution in [0, 0.1) is 5.92 Å². The summed E-state index contributed by atoms with van der Waals surface area (Å²) in [4.78, 5) is 0. The summed E-state index contributed by atoms with van der Waals surface area (Å²) in [5, 5.41) is 22.4. The fourth-order valence-corrected chi connectivity index (χ4v) is 2.32. The Hall–Kier alpha value is -1.06. The van der Waals surface area contributed by atoms with E-state index < -0.39 is 0 Å². The average Bonchev–Trinajstić information content (AvgIpc) is 2.75. The summed E-state index contributed by atoms with van der Waals surface area (Å²) in [7, 11) is 0. The molecule has 1 heterocycles. The van der Waals surface area contributed by atoms with Crippen molar-refractivity contribution >= 4 is 0 Å². The van der Waals surface area contributed by atoms with Crippen LogP contribution in [-0.2, 0) is 0 Å². The fraction of sp³-hybridized carbons (Fsp3) is 0.500. The molecule has 2 atom stereocenters. The van der Waals surface area contributed by atoms with E-state index in [1.54, 1.807) is 12.1 Å². The quantitative estimate of drug-likeness (QED) is 0.695. The predicted octanol–water partition coefficient (Wildman–Crippen LogP) is 1.08. The Bertz CT molecular complexity index is 321. The number of aliphatic hydroxyl groups excluding tert-OH is 1. The van der Waals surface area contributed by atoms with Gasteiger partial charge in [-0.05, 0) is 37.1 Å². The first-order valence-electron chi connectivity index (χ1n) is 5.42. The Morgan fingerprint density at radius 3 is 2.80 bits per heavy atom. The van der Waals surface area contributed by atoms with Gasteiger partial charge in [-0.2, -0.15) is 0 Å². The van der Waals surface area contributed by atoms with Crippen molar-refractivity contribution in [1.29, 1.82) is 0 Å². The van der Waals surface area contributed by atoms with Gasteiger partial charge in [-0.1, -0.05) is 18.2 Å². The second kappa shape index (κ2) is 4.64. The first-order valence-corrected chi connectivity index (χ1v) is 5.42. The Morgan fingerprint density at radius 2 is 2.20 bits per heavy atom. The number of hydrogen-bond donors (Lipinski definition) is 3. The molecule has 1 saturated heterocycles. The van der Waals surface area contributed by atoms with Gasteiger partial charge >= 0.3 is 0 Å². The normalized spacial score (nSPS) is 22.9. The van der Waals surface area contributed by atoms with Gasteiger partial charge in [0.05, 0.1) is 6.61 Å². The SMILES string of the molecule is OCC(c1ccccc1O)C1CCNC1. The van der Waals surface area contributed by atoms with Crippen LogP contribution >= 0.6 is 0 Å². The number of aromatic hydroxyl groups is 1. The van der Waals surface area contributed by atoms with Crippen LogP contribution in [-0.4, -0.2) is 29.9 Å². The zero-order valence-corrected chi connectivity index (χ0v) is 8.69. The number of aliphatic hydroxyl groups is 1. The molecule has 1 aliphatic heterocycles. The highest BCUT2D eigenvalue weighted by Gasteiger charge is 2.27. The molecule has 2 rings (SSSR count). The van der Waals surface area contributed by atoms with E-state index in [1.807, 2.05) is 12.1 Å². The maximum Gasteiger partial charge on any atom is 0.119 e. The van der Waals surface area contributed by atoms with Crippen molar-refractivity contribution in [3.8, 4) is 5.75 Å². The van der Waals surface area contributed by atoms with Crippen molar-refractivity contribution in [2.45, 2.75) is 12.3 Å². The second-order valence-corrected chi connectivity index (χ2v) is 4.10. The summed E-state index contributed by atoms with van der Waals surface area (Å²) < 4.78 is 0. The molecule has 15 heavy (non-hydrogen) atoms. The van der Waals surface area contributed by atoms with E-state index in [2.05, 4.69) is 5.32 Å². The molecule has 1 fully saturated rings. The minimum atomic E-state index is 0.0567. The molecule has 0 aromatic heterocycles. The first kappa shape index (κ1) is 10.5. The van der Waals surface area contributed by atoms with Gasteiger partial charge in [-0.3, -0.25) is 0 Å². The predicted molar refractivity (Wildman–Crippen MR) is 58.9 cm³/mol.